The second kappa shape index (κ2) is 16.0. The Morgan fingerprint density at radius 2 is 1.47 bits per heavy atom. The lowest BCUT2D eigenvalue weighted by molar-refractivity contribution is -0.379. The normalized spacial score (nSPS) is 52.5. The molecule has 21 atom stereocenters. The predicted molar refractivity (Wildman–Crippen MR) is 201 cm³/mol. The van der Waals surface area contributed by atoms with Crippen molar-refractivity contribution in [1.29, 1.82) is 0 Å². The molecule has 4 aliphatic carbocycles. The van der Waals surface area contributed by atoms with Gasteiger partial charge in [0.15, 0.2) is 12.6 Å². The molecule has 318 valence electrons. The summed E-state index contributed by atoms with van der Waals surface area (Å²) >= 11 is 0. The highest BCUT2D eigenvalue weighted by Gasteiger charge is 2.69. The first-order valence-corrected chi connectivity index (χ1v) is 21.0. The summed E-state index contributed by atoms with van der Waals surface area (Å²) in [6, 6.07) is 0. The van der Waals surface area contributed by atoms with Gasteiger partial charge in [0.1, 0.15) is 42.7 Å². The third-order valence-electron chi connectivity index (χ3n) is 16.2. The number of fused-ring (bicyclic) bond motifs is 5. The van der Waals surface area contributed by atoms with E-state index >= 15 is 0 Å². The van der Waals surface area contributed by atoms with Gasteiger partial charge in [-0.2, -0.15) is 0 Å². The average Bonchev–Trinajstić information content (AvgIpc) is 3.51. The van der Waals surface area contributed by atoms with E-state index in [4.69, 9.17) is 18.9 Å². The Bertz CT molecular complexity index is 1360. The molecule has 6 aliphatic rings. The highest BCUT2D eigenvalue weighted by Crippen LogP contribution is 2.71. The van der Waals surface area contributed by atoms with Crippen LogP contribution in [0.4, 0.5) is 0 Å². The zero-order chi connectivity index (χ0) is 40.6. The molecular weight excluding hydrogens is 712 g/mol. The van der Waals surface area contributed by atoms with Crippen LogP contribution in [0.5, 0.6) is 0 Å². The second-order valence-electron chi connectivity index (χ2n) is 19.8. The monoisotopic (exact) mass is 784 g/mol. The Kier molecular flexibility index (Phi) is 12.7. The molecule has 2 aliphatic heterocycles. The van der Waals surface area contributed by atoms with Crippen molar-refractivity contribution >= 4 is 0 Å². The van der Waals surface area contributed by atoms with E-state index in [0.29, 0.717) is 32.1 Å². The maximum absolute atomic E-state index is 12.2. The molecule has 0 aromatic rings. The van der Waals surface area contributed by atoms with Crippen LogP contribution < -0.4 is 0 Å². The van der Waals surface area contributed by atoms with Crippen LogP contribution in [0.1, 0.15) is 113 Å². The number of allylic oxidation sites excluding steroid dienone is 2. The smallest absolute Gasteiger partial charge is 0.187 e. The van der Waals surface area contributed by atoms with Gasteiger partial charge in [-0.05, 0) is 124 Å². The fourth-order valence-electron chi connectivity index (χ4n) is 12.9. The van der Waals surface area contributed by atoms with E-state index in [1.807, 2.05) is 20.8 Å². The van der Waals surface area contributed by atoms with E-state index in [1.165, 1.54) is 12.5 Å². The molecular formula is C42H72O13. The van der Waals surface area contributed by atoms with E-state index in [2.05, 4.69) is 33.8 Å². The Morgan fingerprint density at radius 3 is 2.13 bits per heavy atom. The molecule has 6 rings (SSSR count). The third-order valence-corrected chi connectivity index (χ3v) is 16.2. The Morgan fingerprint density at radius 1 is 0.818 bits per heavy atom. The summed E-state index contributed by atoms with van der Waals surface area (Å²) in [6.07, 6.45) is -7.68. The summed E-state index contributed by atoms with van der Waals surface area (Å²) in [6.45, 7) is 15.7. The number of aliphatic hydroxyl groups is 9. The first-order chi connectivity index (χ1) is 25.6. The molecule has 0 amide bonds. The summed E-state index contributed by atoms with van der Waals surface area (Å²) in [5.74, 6) is -0.335. The van der Waals surface area contributed by atoms with Crippen LogP contribution in [0.15, 0.2) is 11.6 Å². The van der Waals surface area contributed by atoms with Crippen LogP contribution in [0.3, 0.4) is 0 Å². The molecule has 55 heavy (non-hydrogen) atoms. The number of hydrogen-bond donors (Lipinski definition) is 9. The first kappa shape index (κ1) is 43.8. The zero-order valence-corrected chi connectivity index (χ0v) is 34.2. The molecule has 0 unspecified atom stereocenters. The molecule has 13 heteroatoms. The van der Waals surface area contributed by atoms with E-state index in [9.17, 15) is 46.0 Å². The Labute approximate surface area is 327 Å². The molecule has 2 heterocycles. The van der Waals surface area contributed by atoms with Crippen LogP contribution in [-0.4, -0.2) is 138 Å². The third kappa shape index (κ3) is 7.52. The van der Waals surface area contributed by atoms with Crippen molar-refractivity contribution < 1.29 is 64.9 Å². The maximum Gasteiger partial charge on any atom is 0.187 e. The minimum Gasteiger partial charge on any atom is -0.394 e. The summed E-state index contributed by atoms with van der Waals surface area (Å²) in [7, 11) is 0. The predicted octanol–water partition coefficient (Wildman–Crippen LogP) is 2.15. The van der Waals surface area contributed by atoms with Gasteiger partial charge in [-0.25, -0.2) is 0 Å². The van der Waals surface area contributed by atoms with Gasteiger partial charge in [-0.3, -0.25) is 0 Å². The fourth-order valence-corrected chi connectivity index (χ4v) is 12.9. The molecule has 6 fully saturated rings. The summed E-state index contributed by atoms with van der Waals surface area (Å²) in [4.78, 5) is 0. The number of rotatable bonds is 10. The van der Waals surface area contributed by atoms with Crippen LogP contribution >= 0.6 is 0 Å². The van der Waals surface area contributed by atoms with Gasteiger partial charge in [-0.1, -0.05) is 46.3 Å². The van der Waals surface area contributed by atoms with Crippen molar-refractivity contribution in [3.8, 4) is 0 Å². The lowest BCUT2D eigenvalue weighted by Gasteiger charge is -2.68. The molecule has 0 aromatic heterocycles. The van der Waals surface area contributed by atoms with Crippen LogP contribution in [-0.2, 0) is 18.9 Å². The van der Waals surface area contributed by atoms with E-state index < -0.39 is 103 Å². The summed E-state index contributed by atoms with van der Waals surface area (Å²) in [5.41, 5.74) is -1.07. The highest BCUT2D eigenvalue weighted by molar-refractivity contribution is 5.18. The van der Waals surface area contributed by atoms with Crippen molar-refractivity contribution in [3.05, 3.63) is 11.6 Å². The fraction of sp³-hybridized carbons (Fsp3) is 0.952. The summed E-state index contributed by atoms with van der Waals surface area (Å²) < 4.78 is 25.0. The van der Waals surface area contributed by atoms with Gasteiger partial charge in [0.2, 0.25) is 0 Å². The minimum absolute atomic E-state index is 0.0642. The van der Waals surface area contributed by atoms with Crippen molar-refractivity contribution in [3.63, 3.8) is 0 Å². The van der Waals surface area contributed by atoms with Crippen LogP contribution in [0.2, 0.25) is 0 Å². The second-order valence-corrected chi connectivity index (χ2v) is 19.8. The van der Waals surface area contributed by atoms with Crippen LogP contribution in [0.25, 0.3) is 0 Å². The van der Waals surface area contributed by atoms with E-state index in [-0.39, 0.29) is 35.0 Å². The number of hydrogen-bond acceptors (Lipinski definition) is 13. The molecule has 0 radical (unpaired) electrons. The number of ether oxygens (including phenoxy) is 4. The lowest BCUT2D eigenvalue weighted by atomic mass is 9.39. The van der Waals surface area contributed by atoms with Crippen LogP contribution in [0, 0.1) is 45.8 Å². The van der Waals surface area contributed by atoms with Gasteiger partial charge in [0, 0.05) is 0 Å². The first-order valence-electron chi connectivity index (χ1n) is 21.0. The van der Waals surface area contributed by atoms with Gasteiger partial charge >= 0.3 is 0 Å². The van der Waals surface area contributed by atoms with Crippen molar-refractivity contribution in [1.82, 2.24) is 0 Å². The molecule has 0 aromatic carbocycles. The van der Waals surface area contributed by atoms with E-state index in [1.54, 1.807) is 0 Å². The highest BCUT2D eigenvalue weighted by atomic mass is 16.8. The van der Waals surface area contributed by atoms with E-state index in [0.717, 1.165) is 25.7 Å². The molecule has 2 saturated heterocycles. The molecule has 9 N–H and O–H groups in total. The quantitative estimate of drug-likeness (QED) is 0.115. The van der Waals surface area contributed by atoms with Gasteiger partial charge in [0.05, 0.1) is 36.6 Å². The number of aliphatic hydroxyl groups excluding tert-OH is 8. The molecule has 4 saturated carbocycles. The zero-order valence-electron chi connectivity index (χ0n) is 34.2. The Balaban J connectivity index is 1.34. The van der Waals surface area contributed by atoms with Crippen molar-refractivity contribution in [2.75, 3.05) is 6.61 Å². The van der Waals surface area contributed by atoms with Crippen molar-refractivity contribution in [2.45, 2.75) is 199 Å². The van der Waals surface area contributed by atoms with Gasteiger partial charge < -0.3 is 64.9 Å². The molecule has 13 nitrogen and oxygen atoms in total. The Hall–Kier alpha value is -0.780. The SMILES string of the molecule is CC/C(C)=C/CC[C@@](C)(O)[C@H]1CC[C@@]2(C)[C@@H]1[C@@H](O)C[C@@H]1[C@@H]2C[C@@H](O[C@H]2O[C@@H](CO)[C@H](O)[C@@H](O)[C@@H]2O[C@@H]2O[C@H](C)[C@@H](O)[C@H](O)[C@@H]2O)[C@@H]2C(C)(C)[C@H](O)CC[C@@]12C. The largest absolute Gasteiger partial charge is 0.394 e. The molecule has 0 spiro atoms. The average molecular weight is 785 g/mol. The maximum atomic E-state index is 12.2. The standard InChI is InChI=1S/C42H72O13/c1-9-20(2)11-10-14-42(8,51)22-12-15-40(6)24-18-26(36-39(4,5)28(45)13-16-41(36,7)23(24)17-25(44)29(22)40)53-38-35(33(49)31(47)27(19-43)54-38)55-37-34(50)32(48)30(46)21(3)52-37/h11,21-38,43-51H,9-10,12-19H2,1-8H3/b20-11+/t21-,22+,23-,24+,25+,26-,27+,28-,29+,30-,31+,32+,33-,34+,35+,36-,37+,38+,40-,41+,42-/m1/s1. The molecule has 0 bridgehead atoms. The minimum atomic E-state index is -1.69. The summed E-state index contributed by atoms with van der Waals surface area (Å²) in [5, 5.41) is 100. The lowest BCUT2D eigenvalue weighted by Crippen LogP contribution is -2.68. The van der Waals surface area contributed by atoms with Gasteiger partial charge in [-0.15, -0.1) is 0 Å². The van der Waals surface area contributed by atoms with Gasteiger partial charge in [0.25, 0.3) is 0 Å². The topological polar surface area (TPSA) is 219 Å². The van der Waals surface area contributed by atoms with Crippen molar-refractivity contribution in [2.24, 2.45) is 45.8 Å².